The average molecular weight is 404 g/mol. The van der Waals surface area contributed by atoms with Crippen LogP contribution in [-0.4, -0.2) is 41.7 Å². The molecule has 2 aromatic rings. The summed E-state index contributed by atoms with van der Waals surface area (Å²) in [4.78, 5) is 19.7. The molecule has 0 radical (unpaired) electrons. The molecule has 2 atom stereocenters. The molecular weight excluding hydrogens is 385 g/mol. The maximum Gasteiger partial charge on any atom is 0.417 e. The lowest BCUT2D eigenvalue weighted by Crippen LogP contribution is -2.45. The van der Waals surface area contributed by atoms with Gasteiger partial charge in [0.05, 0.1) is 11.7 Å². The van der Waals surface area contributed by atoms with Crippen LogP contribution in [0, 0.1) is 18.3 Å². The van der Waals surface area contributed by atoms with Gasteiger partial charge in [-0.1, -0.05) is 12.1 Å². The number of aliphatic hydroxyl groups is 1. The normalized spacial score (nSPS) is 19.1. The molecule has 3 rings (SSSR count). The molecule has 29 heavy (non-hydrogen) atoms. The molecular formula is C20H19F3N4O2. The van der Waals surface area contributed by atoms with Crippen LogP contribution in [0.5, 0.6) is 0 Å². The predicted octanol–water partition coefficient (Wildman–Crippen LogP) is 2.88. The van der Waals surface area contributed by atoms with Crippen molar-refractivity contribution in [2.24, 2.45) is 0 Å². The standard InChI is InChI=1S/C20H19F3N4O2/c1-12-4-3-5-13(8-12)26(2)19(29)17-9-14(28)11-27(17)18-15(10-24)16(6-7-25-18)20(21,22)23/h3-8,14,17,28H,9,11H2,1-2H3/t14-,17?/m0/s1. The summed E-state index contributed by atoms with van der Waals surface area (Å²) < 4.78 is 39.9. The lowest BCUT2D eigenvalue weighted by Gasteiger charge is -2.29. The minimum Gasteiger partial charge on any atom is -0.391 e. The highest BCUT2D eigenvalue weighted by Crippen LogP contribution is 2.37. The highest BCUT2D eigenvalue weighted by molar-refractivity contribution is 5.99. The van der Waals surface area contributed by atoms with E-state index in [4.69, 9.17) is 0 Å². The molecule has 1 aliphatic rings. The van der Waals surface area contributed by atoms with Gasteiger partial charge in [0.1, 0.15) is 23.5 Å². The Labute approximate surface area is 165 Å². The number of alkyl halides is 3. The first-order valence-corrected chi connectivity index (χ1v) is 8.88. The number of benzene rings is 1. The first-order valence-electron chi connectivity index (χ1n) is 8.88. The Morgan fingerprint density at radius 2 is 2.10 bits per heavy atom. The van der Waals surface area contributed by atoms with Gasteiger partial charge in [-0.05, 0) is 30.7 Å². The SMILES string of the molecule is Cc1cccc(N(C)C(=O)C2C[C@H](O)CN2c2nccc(C(F)(F)F)c2C#N)c1. The summed E-state index contributed by atoms with van der Waals surface area (Å²) in [6.45, 7) is 1.78. The Hall–Kier alpha value is -3.12. The summed E-state index contributed by atoms with van der Waals surface area (Å²) in [7, 11) is 1.56. The van der Waals surface area contributed by atoms with E-state index in [2.05, 4.69) is 4.98 Å². The van der Waals surface area contributed by atoms with Crippen molar-refractivity contribution in [3.63, 3.8) is 0 Å². The van der Waals surface area contributed by atoms with E-state index >= 15 is 0 Å². The average Bonchev–Trinajstić information content (AvgIpc) is 3.06. The second-order valence-electron chi connectivity index (χ2n) is 6.96. The summed E-state index contributed by atoms with van der Waals surface area (Å²) in [5.41, 5.74) is -0.222. The molecule has 1 aliphatic heterocycles. The lowest BCUT2D eigenvalue weighted by molar-refractivity contribution is -0.137. The number of hydrogen-bond acceptors (Lipinski definition) is 5. The number of aromatic nitrogens is 1. The first-order chi connectivity index (χ1) is 13.6. The Morgan fingerprint density at radius 1 is 1.38 bits per heavy atom. The van der Waals surface area contributed by atoms with Crippen molar-refractivity contribution in [1.82, 2.24) is 4.98 Å². The second kappa shape index (κ2) is 7.72. The molecule has 0 bridgehead atoms. The van der Waals surface area contributed by atoms with Crippen molar-refractivity contribution in [2.45, 2.75) is 31.7 Å². The number of aliphatic hydroxyl groups excluding tert-OH is 1. The van der Waals surface area contributed by atoms with Crippen molar-refractivity contribution >= 4 is 17.4 Å². The number of hydrogen-bond donors (Lipinski definition) is 1. The highest BCUT2D eigenvalue weighted by Gasteiger charge is 2.42. The largest absolute Gasteiger partial charge is 0.417 e. The van der Waals surface area contributed by atoms with Crippen LogP contribution in [0.15, 0.2) is 36.5 Å². The molecule has 2 heterocycles. The topological polar surface area (TPSA) is 80.5 Å². The highest BCUT2D eigenvalue weighted by atomic mass is 19.4. The Balaban J connectivity index is 2.00. The third-order valence-corrected chi connectivity index (χ3v) is 4.90. The third kappa shape index (κ3) is 4.03. The summed E-state index contributed by atoms with van der Waals surface area (Å²) in [6.07, 6.45) is -4.69. The minimum atomic E-state index is -4.74. The maximum atomic E-state index is 13.3. The van der Waals surface area contributed by atoms with Crippen LogP contribution in [0.3, 0.4) is 0 Å². The lowest BCUT2D eigenvalue weighted by atomic mass is 10.1. The number of carbonyl (C=O) groups is 1. The van der Waals surface area contributed by atoms with Crippen LogP contribution in [0.1, 0.15) is 23.1 Å². The molecule has 0 aliphatic carbocycles. The Morgan fingerprint density at radius 3 is 2.72 bits per heavy atom. The summed E-state index contributed by atoms with van der Waals surface area (Å²) >= 11 is 0. The van der Waals surface area contributed by atoms with Gasteiger partial charge in [0.2, 0.25) is 5.91 Å². The van der Waals surface area contributed by atoms with Gasteiger partial charge < -0.3 is 14.9 Å². The van der Waals surface area contributed by atoms with E-state index in [-0.39, 0.29) is 18.8 Å². The van der Waals surface area contributed by atoms with Crippen LogP contribution in [0.2, 0.25) is 0 Å². The molecule has 152 valence electrons. The number of pyridine rings is 1. The Bertz CT molecular complexity index is 971. The fourth-order valence-electron chi connectivity index (χ4n) is 3.48. The molecule has 1 N–H and O–H groups in total. The Kier molecular flexibility index (Phi) is 5.48. The van der Waals surface area contributed by atoms with E-state index in [1.54, 1.807) is 31.3 Å². The number of nitrogens with zero attached hydrogens (tertiary/aromatic N) is 4. The van der Waals surface area contributed by atoms with E-state index in [1.807, 2.05) is 13.0 Å². The molecule has 1 amide bonds. The van der Waals surface area contributed by atoms with Gasteiger partial charge in [0.25, 0.3) is 0 Å². The van der Waals surface area contributed by atoms with Gasteiger partial charge >= 0.3 is 6.18 Å². The van der Waals surface area contributed by atoms with Crippen molar-refractivity contribution < 1.29 is 23.1 Å². The number of β-amino-alcohol motifs (C(OH)–C–C–N with tert-alkyl or cyclic N) is 1. The van der Waals surface area contributed by atoms with Gasteiger partial charge in [-0.2, -0.15) is 18.4 Å². The third-order valence-electron chi connectivity index (χ3n) is 4.90. The van der Waals surface area contributed by atoms with E-state index in [0.717, 1.165) is 17.8 Å². The predicted molar refractivity (Wildman–Crippen MR) is 100 cm³/mol. The molecule has 1 unspecified atom stereocenters. The minimum absolute atomic E-state index is 0.0256. The molecule has 1 aromatic carbocycles. The van der Waals surface area contributed by atoms with E-state index in [9.17, 15) is 28.3 Å². The zero-order chi connectivity index (χ0) is 21.3. The number of anilines is 2. The quantitative estimate of drug-likeness (QED) is 0.851. The van der Waals surface area contributed by atoms with Crippen molar-refractivity contribution in [3.05, 3.63) is 53.2 Å². The van der Waals surface area contributed by atoms with Gasteiger partial charge in [0.15, 0.2) is 0 Å². The zero-order valence-electron chi connectivity index (χ0n) is 15.8. The van der Waals surface area contributed by atoms with Crippen molar-refractivity contribution in [3.8, 4) is 6.07 Å². The fraction of sp³-hybridized carbons (Fsp3) is 0.350. The van der Waals surface area contributed by atoms with Crippen LogP contribution < -0.4 is 9.80 Å². The molecule has 6 nitrogen and oxygen atoms in total. The van der Waals surface area contributed by atoms with Crippen LogP contribution >= 0.6 is 0 Å². The smallest absolute Gasteiger partial charge is 0.391 e. The number of nitriles is 1. The summed E-state index contributed by atoms with van der Waals surface area (Å²) in [5, 5.41) is 19.5. The fourth-order valence-corrected chi connectivity index (χ4v) is 3.48. The van der Waals surface area contributed by atoms with E-state index in [0.29, 0.717) is 5.69 Å². The van der Waals surface area contributed by atoms with Crippen LogP contribution in [0.25, 0.3) is 0 Å². The molecule has 1 saturated heterocycles. The monoisotopic (exact) mass is 404 g/mol. The number of likely N-dealkylation sites (N-methyl/N-ethyl adjacent to an activating group) is 1. The number of amides is 1. The number of rotatable bonds is 3. The number of halogens is 3. The molecule has 1 fully saturated rings. The van der Waals surface area contributed by atoms with Crippen molar-refractivity contribution in [2.75, 3.05) is 23.4 Å². The molecule has 0 saturated carbocycles. The number of aryl methyl sites for hydroxylation is 1. The molecule has 0 spiro atoms. The van der Waals surface area contributed by atoms with E-state index in [1.165, 1.54) is 9.80 Å². The first kappa shape index (κ1) is 20.6. The second-order valence-corrected chi connectivity index (χ2v) is 6.96. The van der Waals surface area contributed by atoms with Gasteiger partial charge in [0, 0.05) is 31.9 Å². The van der Waals surface area contributed by atoms with Gasteiger partial charge in [-0.25, -0.2) is 4.98 Å². The maximum absolute atomic E-state index is 13.3. The summed E-state index contributed by atoms with van der Waals surface area (Å²) in [6, 6.07) is 8.55. The van der Waals surface area contributed by atoms with Gasteiger partial charge in [-0.3, -0.25) is 4.79 Å². The zero-order valence-corrected chi connectivity index (χ0v) is 15.8. The molecule has 1 aromatic heterocycles. The summed E-state index contributed by atoms with van der Waals surface area (Å²) in [5.74, 6) is -0.662. The van der Waals surface area contributed by atoms with Gasteiger partial charge in [-0.15, -0.1) is 0 Å². The van der Waals surface area contributed by atoms with E-state index < -0.39 is 35.4 Å². The van der Waals surface area contributed by atoms with Crippen LogP contribution in [-0.2, 0) is 11.0 Å². The van der Waals surface area contributed by atoms with Crippen LogP contribution in [0.4, 0.5) is 24.7 Å². The molecule has 9 heteroatoms. The van der Waals surface area contributed by atoms with Crippen molar-refractivity contribution in [1.29, 1.82) is 5.26 Å². The number of carbonyl (C=O) groups excluding carboxylic acids is 1.